The topological polar surface area (TPSA) is 120 Å². The third-order valence-corrected chi connectivity index (χ3v) is 4.54. The third-order valence-electron chi connectivity index (χ3n) is 3.60. The van der Waals surface area contributed by atoms with Gasteiger partial charge < -0.3 is 25.2 Å². The van der Waals surface area contributed by atoms with Gasteiger partial charge in [-0.15, -0.1) is 0 Å². The molecule has 0 spiro atoms. The fraction of sp³-hybridized carbons (Fsp3) is 0.550. The first-order chi connectivity index (χ1) is 13.4. The Labute approximate surface area is 175 Å². The molecule has 1 aromatic rings. The van der Waals surface area contributed by atoms with E-state index in [4.69, 9.17) is 4.74 Å². The molecule has 8 nitrogen and oxygen atoms in total. The summed E-state index contributed by atoms with van der Waals surface area (Å²) in [5, 5.41) is 7.78. The van der Waals surface area contributed by atoms with Crippen molar-refractivity contribution in [1.82, 2.24) is 10.6 Å². The zero-order chi connectivity index (χ0) is 22.2. The Hall–Kier alpha value is -2.26. The van der Waals surface area contributed by atoms with E-state index >= 15 is 0 Å². The van der Waals surface area contributed by atoms with Crippen LogP contribution in [0.5, 0.6) is 0 Å². The maximum Gasteiger partial charge on any atom is 0.325 e. The van der Waals surface area contributed by atoms with Crippen LogP contribution in [-0.4, -0.2) is 46.9 Å². The SMILES string of the molecule is CC(C)C[C@H](NC(=O)Nc1ccc([S+](C)[O-])cc1)C(=O)NCC(=O)OC(C)(C)C. The minimum absolute atomic E-state index is 0.145. The number of hydrogen-bond acceptors (Lipinski definition) is 5. The van der Waals surface area contributed by atoms with Gasteiger partial charge in [0.05, 0.1) is 0 Å². The monoisotopic (exact) mass is 425 g/mol. The number of urea groups is 1. The van der Waals surface area contributed by atoms with Crippen molar-refractivity contribution in [3.05, 3.63) is 24.3 Å². The first kappa shape index (κ1) is 24.8. The minimum atomic E-state index is -1.10. The number of anilines is 1. The molecular weight excluding hydrogens is 394 g/mol. The molecule has 1 aromatic carbocycles. The standard InChI is InChI=1S/C20H31N3O5S/c1-13(2)11-16(18(25)21-12-17(24)28-20(3,4)5)23-19(26)22-14-7-9-15(10-8-14)29(6)27/h7-10,13,16H,11-12H2,1-6H3,(H,21,25)(H2,22,23,26)/t16-,29?/m0/s1. The van der Waals surface area contributed by atoms with Crippen LogP contribution in [0, 0.1) is 5.92 Å². The van der Waals surface area contributed by atoms with Crippen molar-refractivity contribution in [2.45, 2.75) is 57.6 Å². The number of ether oxygens (including phenoxy) is 1. The molecule has 2 atom stereocenters. The first-order valence-electron chi connectivity index (χ1n) is 9.38. The fourth-order valence-electron chi connectivity index (χ4n) is 2.42. The van der Waals surface area contributed by atoms with Crippen molar-refractivity contribution in [3.63, 3.8) is 0 Å². The summed E-state index contributed by atoms with van der Waals surface area (Å²) in [4.78, 5) is 37.2. The lowest BCUT2D eigenvalue weighted by atomic mass is 10.0. The van der Waals surface area contributed by atoms with E-state index in [1.807, 2.05) is 13.8 Å². The Morgan fingerprint density at radius 1 is 1.14 bits per heavy atom. The van der Waals surface area contributed by atoms with Crippen LogP contribution in [0.25, 0.3) is 0 Å². The van der Waals surface area contributed by atoms with Crippen LogP contribution in [-0.2, 0) is 25.5 Å². The predicted octanol–water partition coefficient (Wildman–Crippen LogP) is 2.42. The van der Waals surface area contributed by atoms with E-state index in [1.165, 1.54) is 0 Å². The maximum absolute atomic E-state index is 12.5. The third kappa shape index (κ3) is 10.2. The highest BCUT2D eigenvalue weighted by molar-refractivity contribution is 7.90. The van der Waals surface area contributed by atoms with Crippen molar-refractivity contribution >= 4 is 34.8 Å². The van der Waals surface area contributed by atoms with Gasteiger partial charge in [0.15, 0.2) is 4.90 Å². The Balaban J connectivity index is 2.65. The lowest BCUT2D eigenvalue weighted by molar-refractivity contribution is -0.154. The van der Waals surface area contributed by atoms with Gasteiger partial charge in [-0.1, -0.05) is 13.8 Å². The lowest BCUT2D eigenvalue weighted by Gasteiger charge is -2.22. The van der Waals surface area contributed by atoms with Gasteiger partial charge in [0.1, 0.15) is 24.4 Å². The summed E-state index contributed by atoms with van der Waals surface area (Å²) in [5.74, 6) is -0.866. The summed E-state index contributed by atoms with van der Waals surface area (Å²) < 4.78 is 16.6. The maximum atomic E-state index is 12.5. The predicted molar refractivity (Wildman–Crippen MR) is 113 cm³/mol. The van der Waals surface area contributed by atoms with Gasteiger partial charge in [-0.2, -0.15) is 0 Å². The molecule has 0 bridgehead atoms. The van der Waals surface area contributed by atoms with Crippen LogP contribution in [0.2, 0.25) is 0 Å². The average molecular weight is 426 g/mol. The molecule has 0 heterocycles. The number of benzene rings is 1. The van der Waals surface area contributed by atoms with Gasteiger partial charge in [-0.25, -0.2) is 4.79 Å². The van der Waals surface area contributed by atoms with Gasteiger partial charge in [0, 0.05) is 5.69 Å². The van der Waals surface area contributed by atoms with Crippen molar-refractivity contribution in [3.8, 4) is 0 Å². The summed E-state index contributed by atoms with van der Waals surface area (Å²) in [6.07, 6.45) is 1.98. The van der Waals surface area contributed by atoms with Crippen LogP contribution in [0.3, 0.4) is 0 Å². The van der Waals surface area contributed by atoms with Gasteiger partial charge in [0.25, 0.3) is 0 Å². The van der Waals surface area contributed by atoms with E-state index in [0.29, 0.717) is 17.0 Å². The van der Waals surface area contributed by atoms with E-state index in [1.54, 1.807) is 51.3 Å². The van der Waals surface area contributed by atoms with Gasteiger partial charge in [0.2, 0.25) is 5.91 Å². The van der Waals surface area contributed by atoms with Crippen molar-refractivity contribution in [1.29, 1.82) is 0 Å². The van der Waals surface area contributed by atoms with E-state index in [2.05, 4.69) is 16.0 Å². The lowest BCUT2D eigenvalue weighted by Crippen LogP contribution is -2.50. The molecule has 0 aromatic heterocycles. The fourth-order valence-corrected chi connectivity index (χ4v) is 2.94. The Morgan fingerprint density at radius 2 is 1.72 bits per heavy atom. The molecule has 0 fully saturated rings. The highest BCUT2D eigenvalue weighted by Crippen LogP contribution is 2.14. The van der Waals surface area contributed by atoms with Crippen molar-refractivity contribution in [2.75, 3.05) is 18.1 Å². The van der Waals surface area contributed by atoms with Crippen molar-refractivity contribution < 1.29 is 23.7 Å². The number of nitrogens with one attached hydrogen (secondary N) is 3. The van der Waals surface area contributed by atoms with Crippen LogP contribution in [0.15, 0.2) is 29.2 Å². The normalized spacial score (nSPS) is 13.4. The van der Waals surface area contributed by atoms with Crippen molar-refractivity contribution in [2.24, 2.45) is 5.92 Å². The van der Waals surface area contributed by atoms with Crippen LogP contribution in [0.4, 0.5) is 10.5 Å². The van der Waals surface area contributed by atoms with Gasteiger partial charge in [-0.3, -0.25) is 9.59 Å². The van der Waals surface area contributed by atoms with E-state index in [0.717, 1.165) is 0 Å². The molecule has 0 aliphatic heterocycles. The molecule has 0 saturated heterocycles. The summed E-state index contributed by atoms with van der Waals surface area (Å²) in [6.45, 7) is 8.80. The molecular formula is C20H31N3O5S. The van der Waals surface area contributed by atoms with Crippen LogP contribution < -0.4 is 16.0 Å². The molecule has 0 aliphatic carbocycles. The molecule has 9 heteroatoms. The number of esters is 1. The Morgan fingerprint density at radius 3 is 2.21 bits per heavy atom. The Kier molecular flexibility index (Phi) is 9.45. The highest BCUT2D eigenvalue weighted by atomic mass is 32.2. The average Bonchev–Trinajstić information content (AvgIpc) is 2.57. The quantitative estimate of drug-likeness (QED) is 0.436. The molecule has 0 aliphatic rings. The summed E-state index contributed by atoms with van der Waals surface area (Å²) in [5.41, 5.74) is -0.133. The summed E-state index contributed by atoms with van der Waals surface area (Å²) in [7, 11) is 0. The molecule has 0 radical (unpaired) electrons. The first-order valence-corrected chi connectivity index (χ1v) is 10.9. The number of carbonyl (C=O) groups excluding carboxylic acids is 3. The van der Waals surface area contributed by atoms with E-state index in [9.17, 15) is 18.9 Å². The van der Waals surface area contributed by atoms with E-state index < -0.39 is 40.7 Å². The Bertz CT molecular complexity index is 699. The van der Waals surface area contributed by atoms with Crippen LogP contribution in [0.1, 0.15) is 41.0 Å². The molecule has 3 amide bonds. The van der Waals surface area contributed by atoms with E-state index in [-0.39, 0.29) is 12.5 Å². The molecule has 1 unspecified atom stereocenters. The smallest absolute Gasteiger partial charge is 0.325 e. The molecule has 162 valence electrons. The summed E-state index contributed by atoms with van der Waals surface area (Å²) >= 11 is -1.10. The molecule has 0 saturated carbocycles. The highest BCUT2D eigenvalue weighted by Gasteiger charge is 2.24. The number of amides is 3. The van der Waals surface area contributed by atoms with Crippen LogP contribution >= 0.6 is 0 Å². The number of carbonyl (C=O) groups is 3. The minimum Gasteiger partial charge on any atom is -0.612 e. The largest absolute Gasteiger partial charge is 0.612 e. The molecule has 3 N–H and O–H groups in total. The molecule has 1 rings (SSSR count). The van der Waals surface area contributed by atoms with Gasteiger partial charge in [-0.05, 0) is 68.6 Å². The zero-order valence-electron chi connectivity index (χ0n) is 17.8. The number of rotatable bonds is 8. The second-order valence-corrected chi connectivity index (χ2v) is 9.44. The van der Waals surface area contributed by atoms with Gasteiger partial charge >= 0.3 is 12.0 Å². The zero-order valence-corrected chi connectivity index (χ0v) is 18.6. The molecule has 29 heavy (non-hydrogen) atoms. The second kappa shape index (κ2) is 11.1. The number of hydrogen-bond donors (Lipinski definition) is 3. The second-order valence-electron chi connectivity index (χ2n) is 8.06. The summed E-state index contributed by atoms with van der Waals surface area (Å²) in [6, 6.07) is 5.23.